The summed E-state index contributed by atoms with van der Waals surface area (Å²) in [6.45, 7) is 0. The zero-order valence-electron chi connectivity index (χ0n) is 13.7. The van der Waals surface area contributed by atoms with Gasteiger partial charge in [-0.2, -0.15) is 5.26 Å². The van der Waals surface area contributed by atoms with Crippen molar-refractivity contribution in [2.45, 2.75) is 37.3 Å². The maximum Gasteiger partial charge on any atom is 0.244 e. The van der Waals surface area contributed by atoms with Gasteiger partial charge in [-0.1, -0.05) is 11.6 Å². The van der Waals surface area contributed by atoms with Crippen LogP contribution in [-0.4, -0.2) is 34.3 Å². The summed E-state index contributed by atoms with van der Waals surface area (Å²) in [6.07, 6.45) is 1.32. The number of amides is 2. The van der Waals surface area contributed by atoms with E-state index in [1.165, 1.54) is 0 Å². The summed E-state index contributed by atoms with van der Waals surface area (Å²) in [4.78, 5) is 28.8. The number of aromatic nitrogens is 1. The topological polar surface area (TPSA) is 108 Å². The number of nitrogens with zero attached hydrogens (tertiary/aromatic N) is 2. The molecule has 7 nitrogen and oxygen atoms in total. The van der Waals surface area contributed by atoms with Crippen LogP contribution in [0.4, 0.5) is 0 Å². The van der Waals surface area contributed by atoms with Gasteiger partial charge in [0.05, 0.1) is 12.5 Å². The number of oxazole rings is 1. The van der Waals surface area contributed by atoms with Gasteiger partial charge < -0.3 is 15.1 Å². The number of fused-ring (bicyclic) bond motifs is 1. The molecule has 0 saturated heterocycles. The largest absolute Gasteiger partial charge is 0.441 e. The molecule has 1 atom stereocenters. The van der Waals surface area contributed by atoms with Gasteiger partial charge in [0.1, 0.15) is 17.1 Å². The summed E-state index contributed by atoms with van der Waals surface area (Å²) in [5, 5.41) is 15.0. The van der Waals surface area contributed by atoms with E-state index < -0.39 is 17.5 Å². The Balaban J connectivity index is 1.78. The normalized spacial score (nSPS) is 15.9. The molecule has 9 heteroatoms. The second kappa shape index (κ2) is 7.52. The Labute approximate surface area is 159 Å². The minimum Gasteiger partial charge on any atom is -0.441 e. The molecule has 1 aromatic heterocycles. The molecular formula is C17H16Cl2N4O3. The summed E-state index contributed by atoms with van der Waals surface area (Å²) < 4.78 is 5.63. The first kappa shape index (κ1) is 18.5. The minimum atomic E-state index is -0.917. The Hall–Kier alpha value is -2.30. The molecule has 1 aliphatic rings. The van der Waals surface area contributed by atoms with Gasteiger partial charge in [-0.3, -0.25) is 9.59 Å². The number of carbonyl (C=O) groups excluding carboxylic acids is 2. The molecule has 26 heavy (non-hydrogen) atoms. The third-order valence-electron chi connectivity index (χ3n) is 4.07. The molecule has 1 heterocycles. The van der Waals surface area contributed by atoms with E-state index in [1.807, 2.05) is 0 Å². The number of halogens is 2. The molecule has 2 amide bonds. The lowest BCUT2D eigenvalue weighted by atomic mass is 10.1. The van der Waals surface area contributed by atoms with Crippen molar-refractivity contribution in [3.63, 3.8) is 0 Å². The van der Waals surface area contributed by atoms with Crippen molar-refractivity contribution >= 4 is 46.1 Å². The maximum absolute atomic E-state index is 12.6. The zero-order chi connectivity index (χ0) is 18.7. The van der Waals surface area contributed by atoms with Gasteiger partial charge in [0.15, 0.2) is 11.5 Å². The molecular weight excluding hydrogens is 379 g/mol. The van der Waals surface area contributed by atoms with E-state index in [4.69, 9.17) is 32.9 Å². The van der Waals surface area contributed by atoms with Crippen LogP contribution in [0.5, 0.6) is 0 Å². The molecule has 1 fully saturated rings. The smallest absolute Gasteiger partial charge is 0.244 e. The van der Waals surface area contributed by atoms with Crippen LogP contribution in [0.1, 0.15) is 25.2 Å². The summed E-state index contributed by atoms with van der Waals surface area (Å²) >= 11 is 11.5. The number of nitrogens with one attached hydrogen (secondary N) is 2. The van der Waals surface area contributed by atoms with Crippen molar-refractivity contribution in [3.05, 3.63) is 29.1 Å². The number of alkyl halides is 1. The van der Waals surface area contributed by atoms with Crippen LogP contribution in [0.2, 0.25) is 5.02 Å². The molecule has 1 unspecified atom stereocenters. The van der Waals surface area contributed by atoms with E-state index in [-0.39, 0.29) is 30.5 Å². The second-order valence-electron chi connectivity index (χ2n) is 6.17. The van der Waals surface area contributed by atoms with E-state index >= 15 is 0 Å². The van der Waals surface area contributed by atoms with Gasteiger partial charge >= 0.3 is 0 Å². The highest BCUT2D eigenvalue weighted by atomic mass is 35.5. The Bertz CT molecular complexity index is 886. The number of rotatable bonds is 7. The fourth-order valence-electron chi connectivity index (χ4n) is 2.48. The van der Waals surface area contributed by atoms with Crippen molar-refractivity contribution in [1.82, 2.24) is 15.6 Å². The van der Waals surface area contributed by atoms with Crippen LogP contribution in [0, 0.1) is 11.3 Å². The Kier molecular flexibility index (Phi) is 5.35. The highest BCUT2D eigenvalue weighted by Gasteiger charge is 2.45. The van der Waals surface area contributed by atoms with Gasteiger partial charge in [0, 0.05) is 17.3 Å². The number of carbonyl (C=O) groups is 2. The Morgan fingerprint density at radius 3 is 2.85 bits per heavy atom. The lowest BCUT2D eigenvalue weighted by Crippen LogP contribution is -2.51. The van der Waals surface area contributed by atoms with E-state index in [0.29, 0.717) is 29.0 Å². The van der Waals surface area contributed by atoms with Crippen molar-refractivity contribution in [1.29, 1.82) is 5.26 Å². The molecule has 0 bridgehead atoms. The van der Waals surface area contributed by atoms with E-state index in [1.54, 1.807) is 18.2 Å². The number of hydrogen-bond acceptors (Lipinski definition) is 5. The van der Waals surface area contributed by atoms with Crippen molar-refractivity contribution in [2.24, 2.45) is 0 Å². The van der Waals surface area contributed by atoms with Crippen LogP contribution in [0.15, 0.2) is 22.6 Å². The first-order chi connectivity index (χ1) is 12.4. The second-order valence-corrected chi connectivity index (χ2v) is 6.98. The van der Waals surface area contributed by atoms with Crippen molar-refractivity contribution in [2.75, 3.05) is 5.88 Å². The average molecular weight is 395 g/mol. The molecule has 1 aliphatic carbocycles. The minimum absolute atomic E-state index is 0.0493. The standard InChI is InChI=1S/C17H16Cl2N4O3/c18-6-3-14(24)21-12(16(25)23-17(9-20)4-5-17)8-15-22-11-7-10(19)1-2-13(11)26-15/h1-2,7,12H,3-6,8H2,(H,21,24)(H,23,25). The number of hydrogen-bond donors (Lipinski definition) is 2. The fraction of sp³-hybridized carbons (Fsp3) is 0.412. The SMILES string of the molecule is N#CC1(NC(=O)C(Cc2nc3cc(Cl)ccc3o2)NC(=O)CCCl)CC1. The molecule has 2 aromatic rings. The van der Waals surface area contributed by atoms with Gasteiger partial charge in [-0.05, 0) is 31.0 Å². The van der Waals surface area contributed by atoms with Crippen LogP contribution in [0.25, 0.3) is 11.1 Å². The molecule has 1 aromatic carbocycles. The third kappa shape index (κ3) is 4.26. The Morgan fingerprint density at radius 1 is 1.42 bits per heavy atom. The van der Waals surface area contributed by atoms with Gasteiger partial charge in [0.25, 0.3) is 0 Å². The first-order valence-corrected chi connectivity index (χ1v) is 8.99. The summed E-state index contributed by atoms with van der Waals surface area (Å²) in [5.74, 6) is -0.382. The molecule has 0 radical (unpaired) electrons. The van der Waals surface area contributed by atoms with Gasteiger partial charge in [-0.15, -0.1) is 11.6 Å². The quantitative estimate of drug-likeness (QED) is 0.700. The maximum atomic E-state index is 12.6. The molecule has 0 aliphatic heterocycles. The molecule has 2 N–H and O–H groups in total. The third-order valence-corrected chi connectivity index (χ3v) is 4.50. The van der Waals surface area contributed by atoms with Gasteiger partial charge in [0.2, 0.25) is 11.8 Å². The lowest BCUT2D eigenvalue weighted by Gasteiger charge is -2.19. The summed E-state index contributed by atoms with van der Waals surface area (Å²) in [7, 11) is 0. The average Bonchev–Trinajstić information content (AvgIpc) is 3.25. The predicted octanol–water partition coefficient (Wildman–Crippen LogP) is 2.31. The van der Waals surface area contributed by atoms with Crippen molar-refractivity contribution in [3.8, 4) is 6.07 Å². The van der Waals surface area contributed by atoms with Crippen molar-refractivity contribution < 1.29 is 14.0 Å². The van der Waals surface area contributed by atoms with Crippen LogP contribution in [-0.2, 0) is 16.0 Å². The van der Waals surface area contributed by atoms with E-state index in [0.717, 1.165) is 0 Å². The lowest BCUT2D eigenvalue weighted by molar-refractivity contribution is -0.129. The Morgan fingerprint density at radius 2 is 2.19 bits per heavy atom. The number of benzene rings is 1. The number of nitriles is 1. The molecule has 1 saturated carbocycles. The predicted molar refractivity (Wildman–Crippen MR) is 95.7 cm³/mol. The zero-order valence-corrected chi connectivity index (χ0v) is 15.2. The molecule has 136 valence electrons. The molecule has 3 rings (SSSR count). The van der Waals surface area contributed by atoms with E-state index in [2.05, 4.69) is 21.7 Å². The first-order valence-electron chi connectivity index (χ1n) is 8.08. The highest BCUT2D eigenvalue weighted by Crippen LogP contribution is 2.34. The van der Waals surface area contributed by atoms with E-state index in [9.17, 15) is 9.59 Å². The van der Waals surface area contributed by atoms with Crippen LogP contribution < -0.4 is 10.6 Å². The molecule has 0 spiro atoms. The summed E-state index contributed by atoms with van der Waals surface area (Å²) in [6, 6.07) is 6.19. The van der Waals surface area contributed by atoms with Crippen LogP contribution >= 0.6 is 23.2 Å². The monoisotopic (exact) mass is 394 g/mol. The van der Waals surface area contributed by atoms with Crippen LogP contribution in [0.3, 0.4) is 0 Å². The highest BCUT2D eigenvalue weighted by molar-refractivity contribution is 6.31. The fourth-order valence-corrected chi connectivity index (χ4v) is 2.82. The van der Waals surface area contributed by atoms with Gasteiger partial charge in [-0.25, -0.2) is 4.98 Å². The summed E-state index contributed by atoms with van der Waals surface area (Å²) in [5.41, 5.74) is 0.266.